The zero-order valence-electron chi connectivity index (χ0n) is 15.8. The molecule has 0 heterocycles. The maximum atomic E-state index is 11.9. The van der Waals surface area contributed by atoms with Crippen LogP contribution in [0.25, 0.3) is 0 Å². The molecule has 0 saturated heterocycles. The summed E-state index contributed by atoms with van der Waals surface area (Å²) in [6.45, 7) is 3.46. The van der Waals surface area contributed by atoms with Gasteiger partial charge in [-0.25, -0.2) is 20.6 Å². The van der Waals surface area contributed by atoms with Crippen LogP contribution in [0, 0.1) is 16.0 Å². The molecular weight excluding hydrogens is 376 g/mol. The number of nitrogens with one attached hydrogen (secondary N) is 4. The number of hydroxylamine groups is 1. The molecule has 0 aromatic heterocycles. The van der Waals surface area contributed by atoms with E-state index in [0.29, 0.717) is 6.42 Å². The largest absolute Gasteiger partial charge is 0.365 e. The Morgan fingerprint density at radius 2 is 1.89 bits per heavy atom. The summed E-state index contributed by atoms with van der Waals surface area (Å²) in [7, 11) is 0. The van der Waals surface area contributed by atoms with Gasteiger partial charge in [0.25, 0.3) is 11.9 Å². The van der Waals surface area contributed by atoms with E-state index in [1.807, 2.05) is 13.8 Å². The Labute approximate surface area is 161 Å². The highest BCUT2D eigenvalue weighted by Crippen LogP contribution is 2.02. The number of nitrogens with zero attached hydrogens (tertiary/aromatic N) is 2. The Morgan fingerprint density at radius 1 is 1.25 bits per heavy atom. The molecule has 0 aliphatic rings. The summed E-state index contributed by atoms with van der Waals surface area (Å²) in [4.78, 5) is 49.2. The number of carbonyl (C=O) groups excluding carboxylic acids is 3. The maximum absolute atomic E-state index is 11.9. The molecule has 2 atom stereocenters. The zero-order valence-corrected chi connectivity index (χ0v) is 15.8. The minimum atomic E-state index is -1.10. The monoisotopic (exact) mass is 404 g/mol. The summed E-state index contributed by atoms with van der Waals surface area (Å²) in [6, 6.07) is -1.85. The molecule has 160 valence electrons. The van der Waals surface area contributed by atoms with Gasteiger partial charge in [-0.2, -0.15) is 0 Å². The number of guanidine groups is 1. The molecule has 0 unspecified atom stereocenters. The van der Waals surface area contributed by atoms with Gasteiger partial charge in [0.15, 0.2) is 5.03 Å². The fraction of sp³-hybridized carbons (Fsp3) is 0.714. The molecule has 9 N–H and O–H groups in total. The van der Waals surface area contributed by atoms with E-state index in [9.17, 15) is 24.5 Å². The van der Waals surface area contributed by atoms with Crippen molar-refractivity contribution in [3.05, 3.63) is 10.1 Å². The number of hydrogen-bond donors (Lipinski definition) is 7. The van der Waals surface area contributed by atoms with Gasteiger partial charge in [0.2, 0.25) is 11.8 Å². The van der Waals surface area contributed by atoms with Crippen molar-refractivity contribution in [3.8, 4) is 0 Å². The van der Waals surface area contributed by atoms with E-state index in [0.717, 1.165) is 0 Å². The molecule has 0 spiro atoms. The minimum absolute atomic E-state index is 0.0402. The third-order valence-electron chi connectivity index (χ3n) is 3.39. The average molecular weight is 404 g/mol. The van der Waals surface area contributed by atoms with Crippen molar-refractivity contribution in [2.75, 3.05) is 13.1 Å². The normalized spacial score (nSPS) is 13.4. The Balaban J connectivity index is 4.47. The van der Waals surface area contributed by atoms with Crippen LogP contribution in [0.2, 0.25) is 0 Å². The Bertz CT molecular complexity index is 582. The molecule has 14 heteroatoms. The molecule has 0 aromatic carbocycles. The lowest BCUT2D eigenvalue weighted by Gasteiger charge is -2.17. The van der Waals surface area contributed by atoms with Crippen LogP contribution in [-0.2, 0) is 14.4 Å². The van der Waals surface area contributed by atoms with Crippen LogP contribution in [0.4, 0.5) is 0 Å². The second-order valence-corrected chi connectivity index (χ2v) is 6.33. The highest BCUT2D eigenvalue weighted by Gasteiger charge is 2.21. The van der Waals surface area contributed by atoms with E-state index in [4.69, 9.17) is 16.7 Å². The predicted octanol–water partition coefficient (Wildman–Crippen LogP) is -2.66. The predicted molar refractivity (Wildman–Crippen MR) is 98.2 cm³/mol. The molecule has 0 bridgehead atoms. The van der Waals surface area contributed by atoms with Gasteiger partial charge < -0.3 is 22.1 Å². The summed E-state index contributed by atoms with van der Waals surface area (Å²) in [5.41, 5.74) is 14.0. The SMILES string of the molecule is CC(C)C[C@H](N)C(=O)NCC(=O)N[C@@H](CCCN=C(N)N[N+](=O)[O-])C(=O)NO. The van der Waals surface area contributed by atoms with E-state index >= 15 is 0 Å². The number of nitro groups is 1. The van der Waals surface area contributed by atoms with Crippen LogP contribution in [0.5, 0.6) is 0 Å². The van der Waals surface area contributed by atoms with Crippen LogP contribution < -0.4 is 33.0 Å². The van der Waals surface area contributed by atoms with Crippen LogP contribution in [0.1, 0.15) is 33.1 Å². The van der Waals surface area contributed by atoms with Crippen LogP contribution >= 0.6 is 0 Å². The standard InChI is InChI=1S/C14H28N8O6/c1-8(2)6-9(15)12(24)18-7-11(23)19-10(13(25)21-26)4-3-5-17-14(16)20-22(27)28/h8-10,26H,3-7,15H2,1-2H3,(H,18,24)(H,19,23)(H,21,25)(H3,16,17,20)/t9-,10-/m0/s1. The first kappa shape index (κ1) is 25.0. The van der Waals surface area contributed by atoms with Gasteiger partial charge in [0.05, 0.1) is 12.6 Å². The summed E-state index contributed by atoms with van der Waals surface area (Å²) < 4.78 is 0. The number of hydrogen-bond acceptors (Lipinski definition) is 8. The molecule has 0 fully saturated rings. The van der Waals surface area contributed by atoms with E-state index in [1.165, 1.54) is 5.48 Å². The number of amides is 3. The van der Waals surface area contributed by atoms with Crippen molar-refractivity contribution in [2.45, 2.75) is 45.2 Å². The molecule has 0 rings (SSSR count). The van der Waals surface area contributed by atoms with Crippen molar-refractivity contribution in [3.63, 3.8) is 0 Å². The van der Waals surface area contributed by atoms with Gasteiger partial charge >= 0.3 is 0 Å². The fourth-order valence-corrected chi connectivity index (χ4v) is 2.13. The van der Waals surface area contributed by atoms with Gasteiger partial charge in [-0.3, -0.25) is 19.6 Å². The van der Waals surface area contributed by atoms with E-state index in [-0.39, 0.29) is 25.3 Å². The van der Waals surface area contributed by atoms with Crippen molar-refractivity contribution in [2.24, 2.45) is 22.4 Å². The first-order valence-corrected chi connectivity index (χ1v) is 8.54. The molecule has 14 nitrogen and oxygen atoms in total. The van der Waals surface area contributed by atoms with Crippen molar-refractivity contribution in [1.82, 2.24) is 21.5 Å². The maximum Gasteiger partial charge on any atom is 0.265 e. The average Bonchev–Trinajstić information content (AvgIpc) is 2.60. The third kappa shape index (κ3) is 11.6. The van der Waals surface area contributed by atoms with Gasteiger partial charge in [-0.15, -0.1) is 0 Å². The molecule has 3 amide bonds. The fourth-order valence-electron chi connectivity index (χ4n) is 2.13. The molecule has 0 aliphatic heterocycles. The van der Waals surface area contributed by atoms with Crippen molar-refractivity contribution < 1.29 is 24.6 Å². The summed E-state index contributed by atoms with van der Waals surface area (Å²) >= 11 is 0. The quantitative estimate of drug-likeness (QED) is 0.0449. The van der Waals surface area contributed by atoms with E-state index < -0.39 is 47.3 Å². The van der Waals surface area contributed by atoms with Gasteiger partial charge in [-0.05, 0) is 25.2 Å². The zero-order chi connectivity index (χ0) is 21.7. The molecule has 28 heavy (non-hydrogen) atoms. The lowest BCUT2D eigenvalue weighted by molar-refractivity contribution is -0.525. The number of aliphatic imine (C=N–C) groups is 1. The second-order valence-electron chi connectivity index (χ2n) is 6.33. The van der Waals surface area contributed by atoms with Crippen LogP contribution in [0.3, 0.4) is 0 Å². The number of carbonyl (C=O) groups is 3. The van der Waals surface area contributed by atoms with Gasteiger partial charge in [0.1, 0.15) is 6.04 Å². The van der Waals surface area contributed by atoms with E-state index in [1.54, 1.807) is 5.43 Å². The molecule has 0 saturated carbocycles. The first-order chi connectivity index (χ1) is 13.1. The lowest BCUT2D eigenvalue weighted by Crippen LogP contribution is -2.50. The first-order valence-electron chi connectivity index (χ1n) is 8.54. The summed E-state index contributed by atoms with van der Waals surface area (Å²) in [5, 5.41) is 22.8. The Hall–Kier alpha value is -3.00. The van der Waals surface area contributed by atoms with Crippen LogP contribution in [0.15, 0.2) is 4.99 Å². The smallest absolute Gasteiger partial charge is 0.265 e. The molecule has 0 aromatic rings. The minimum Gasteiger partial charge on any atom is -0.365 e. The Morgan fingerprint density at radius 3 is 2.43 bits per heavy atom. The Kier molecular flexibility index (Phi) is 11.8. The van der Waals surface area contributed by atoms with Crippen molar-refractivity contribution >= 4 is 23.7 Å². The van der Waals surface area contributed by atoms with Crippen molar-refractivity contribution in [1.29, 1.82) is 0 Å². The number of hydrazine groups is 1. The van der Waals surface area contributed by atoms with Crippen LogP contribution in [-0.4, -0.2) is 59.1 Å². The van der Waals surface area contributed by atoms with Gasteiger partial charge in [-0.1, -0.05) is 19.3 Å². The summed E-state index contributed by atoms with van der Waals surface area (Å²) in [6.07, 6.45) is 0.746. The topological polar surface area (TPSA) is 227 Å². The van der Waals surface area contributed by atoms with Gasteiger partial charge in [0, 0.05) is 6.54 Å². The summed E-state index contributed by atoms with van der Waals surface area (Å²) in [5.74, 6) is -2.20. The lowest BCUT2D eigenvalue weighted by atomic mass is 10.0. The second kappa shape index (κ2) is 13.2. The highest BCUT2D eigenvalue weighted by molar-refractivity contribution is 5.90. The highest BCUT2D eigenvalue weighted by atomic mass is 16.7. The molecular formula is C14H28N8O6. The van der Waals surface area contributed by atoms with E-state index in [2.05, 4.69) is 15.6 Å². The molecule has 0 aliphatic carbocycles. The third-order valence-corrected chi connectivity index (χ3v) is 3.39. The molecule has 0 radical (unpaired) electrons. The number of nitrogens with two attached hydrogens (primary N) is 2. The number of rotatable bonds is 12.